The van der Waals surface area contributed by atoms with Gasteiger partial charge in [0.2, 0.25) is 0 Å². The van der Waals surface area contributed by atoms with Gasteiger partial charge in [0.1, 0.15) is 0 Å². The SMILES string of the molecule is Brc1ccccc1C1=[C]CC=C1. The van der Waals surface area contributed by atoms with Crippen molar-refractivity contribution in [3.8, 4) is 0 Å². The van der Waals surface area contributed by atoms with Crippen molar-refractivity contribution in [2.24, 2.45) is 0 Å². The zero-order chi connectivity index (χ0) is 8.39. The van der Waals surface area contributed by atoms with Gasteiger partial charge in [-0.25, -0.2) is 0 Å². The molecule has 0 aromatic heterocycles. The van der Waals surface area contributed by atoms with Gasteiger partial charge in [-0.15, -0.1) is 0 Å². The van der Waals surface area contributed by atoms with Crippen molar-refractivity contribution in [1.29, 1.82) is 0 Å². The second kappa shape index (κ2) is 3.28. The highest BCUT2D eigenvalue weighted by molar-refractivity contribution is 9.10. The van der Waals surface area contributed by atoms with Gasteiger partial charge in [0, 0.05) is 4.47 Å². The summed E-state index contributed by atoms with van der Waals surface area (Å²) in [6, 6.07) is 8.21. The molecule has 0 spiro atoms. The lowest BCUT2D eigenvalue weighted by Crippen LogP contribution is -1.79. The van der Waals surface area contributed by atoms with E-state index in [1.165, 1.54) is 11.1 Å². The Labute approximate surface area is 80.7 Å². The number of hydrogen-bond acceptors (Lipinski definition) is 0. The molecule has 0 fully saturated rings. The van der Waals surface area contributed by atoms with Crippen LogP contribution in [0.25, 0.3) is 5.57 Å². The van der Waals surface area contributed by atoms with Crippen LogP contribution in [0, 0.1) is 6.08 Å². The molecule has 0 N–H and O–H groups in total. The molecule has 0 nitrogen and oxygen atoms in total. The minimum Gasteiger partial charge on any atom is -0.0795 e. The predicted octanol–water partition coefficient (Wildman–Crippen LogP) is 3.60. The van der Waals surface area contributed by atoms with Crippen LogP contribution in [0.4, 0.5) is 0 Å². The average Bonchev–Trinajstić information content (AvgIpc) is 2.57. The van der Waals surface area contributed by atoms with Crippen molar-refractivity contribution in [2.45, 2.75) is 6.42 Å². The van der Waals surface area contributed by atoms with Gasteiger partial charge in [-0.1, -0.05) is 46.3 Å². The monoisotopic (exact) mass is 219 g/mol. The molecule has 0 heterocycles. The largest absolute Gasteiger partial charge is 0.0795 e. The van der Waals surface area contributed by atoms with Gasteiger partial charge in [-0.3, -0.25) is 0 Å². The standard InChI is InChI=1S/C11H8Br/c12-11-8-4-3-7-10(11)9-5-1-2-6-9/h1,3-5,7-8H,2H2. The highest BCUT2D eigenvalue weighted by Crippen LogP contribution is 2.27. The van der Waals surface area contributed by atoms with E-state index < -0.39 is 0 Å². The molecule has 1 aromatic carbocycles. The van der Waals surface area contributed by atoms with Crippen LogP contribution in [-0.2, 0) is 0 Å². The number of rotatable bonds is 1. The molecule has 1 aliphatic carbocycles. The molecular formula is C11H8Br. The topological polar surface area (TPSA) is 0 Å². The summed E-state index contributed by atoms with van der Waals surface area (Å²) in [4.78, 5) is 0. The first-order valence-corrected chi connectivity index (χ1v) is 4.69. The lowest BCUT2D eigenvalue weighted by molar-refractivity contribution is 1.40. The fraction of sp³-hybridized carbons (Fsp3) is 0.0909. The number of benzene rings is 1. The van der Waals surface area contributed by atoms with E-state index in [0.717, 1.165) is 10.9 Å². The number of hydrogen-bond donors (Lipinski definition) is 0. The Balaban J connectivity index is 2.46. The van der Waals surface area contributed by atoms with Crippen molar-refractivity contribution in [2.75, 3.05) is 0 Å². The Kier molecular flexibility index (Phi) is 2.13. The molecule has 0 saturated heterocycles. The maximum absolute atomic E-state index is 3.51. The first-order valence-electron chi connectivity index (χ1n) is 3.90. The van der Waals surface area contributed by atoms with Crippen LogP contribution in [0.5, 0.6) is 0 Å². The number of allylic oxidation sites excluding steroid dienone is 4. The lowest BCUT2D eigenvalue weighted by Gasteiger charge is -2.01. The quantitative estimate of drug-likeness (QED) is 0.678. The van der Waals surface area contributed by atoms with E-state index in [-0.39, 0.29) is 0 Å². The maximum Gasteiger partial charge on any atom is 0.0253 e. The summed E-state index contributed by atoms with van der Waals surface area (Å²) in [5.41, 5.74) is 2.42. The fourth-order valence-corrected chi connectivity index (χ4v) is 1.77. The third-order valence-electron chi connectivity index (χ3n) is 1.86. The van der Waals surface area contributed by atoms with E-state index in [0.29, 0.717) is 0 Å². The Bertz CT molecular complexity index is 348. The third-order valence-corrected chi connectivity index (χ3v) is 2.55. The molecule has 1 heteroatoms. The van der Waals surface area contributed by atoms with Crippen LogP contribution in [0.2, 0.25) is 0 Å². The number of halogens is 1. The first kappa shape index (κ1) is 7.81. The predicted molar refractivity (Wildman–Crippen MR) is 54.5 cm³/mol. The van der Waals surface area contributed by atoms with Crippen molar-refractivity contribution in [3.63, 3.8) is 0 Å². The molecule has 12 heavy (non-hydrogen) atoms. The summed E-state index contributed by atoms with van der Waals surface area (Å²) in [5, 5.41) is 0. The third kappa shape index (κ3) is 1.37. The van der Waals surface area contributed by atoms with Gasteiger partial charge < -0.3 is 0 Å². The second-order valence-corrected chi connectivity index (χ2v) is 3.53. The van der Waals surface area contributed by atoms with E-state index in [1.54, 1.807) is 0 Å². The Morgan fingerprint density at radius 1 is 1.25 bits per heavy atom. The normalized spacial score (nSPS) is 14.9. The van der Waals surface area contributed by atoms with Gasteiger partial charge in [-0.2, -0.15) is 0 Å². The summed E-state index contributed by atoms with van der Waals surface area (Å²) in [6.45, 7) is 0. The smallest absolute Gasteiger partial charge is 0.0253 e. The lowest BCUT2D eigenvalue weighted by atomic mass is 10.1. The molecule has 0 unspecified atom stereocenters. The van der Waals surface area contributed by atoms with Crippen LogP contribution in [0.15, 0.2) is 40.9 Å². The van der Waals surface area contributed by atoms with E-state index in [4.69, 9.17) is 0 Å². The van der Waals surface area contributed by atoms with E-state index in [1.807, 2.05) is 12.1 Å². The van der Waals surface area contributed by atoms with Crippen LogP contribution in [0.3, 0.4) is 0 Å². The van der Waals surface area contributed by atoms with Gasteiger partial charge in [-0.05, 0) is 29.7 Å². The van der Waals surface area contributed by atoms with Crippen molar-refractivity contribution in [1.82, 2.24) is 0 Å². The maximum atomic E-state index is 3.51. The molecule has 1 aromatic rings. The molecule has 2 rings (SSSR count). The summed E-state index contributed by atoms with van der Waals surface area (Å²) < 4.78 is 1.14. The molecule has 0 bridgehead atoms. The van der Waals surface area contributed by atoms with Gasteiger partial charge in [0.25, 0.3) is 0 Å². The van der Waals surface area contributed by atoms with Crippen molar-refractivity contribution < 1.29 is 0 Å². The van der Waals surface area contributed by atoms with Crippen LogP contribution >= 0.6 is 15.9 Å². The van der Waals surface area contributed by atoms with Crippen LogP contribution in [-0.4, -0.2) is 0 Å². The van der Waals surface area contributed by atoms with E-state index in [9.17, 15) is 0 Å². The molecule has 0 saturated carbocycles. The van der Waals surface area contributed by atoms with Gasteiger partial charge >= 0.3 is 0 Å². The second-order valence-electron chi connectivity index (χ2n) is 2.68. The van der Waals surface area contributed by atoms with E-state index in [2.05, 4.69) is 46.3 Å². The van der Waals surface area contributed by atoms with E-state index >= 15 is 0 Å². The van der Waals surface area contributed by atoms with Gasteiger partial charge in [0.05, 0.1) is 0 Å². The molecule has 1 aliphatic rings. The zero-order valence-corrected chi connectivity index (χ0v) is 8.14. The molecule has 0 atom stereocenters. The molecular weight excluding hydrogens is 212 g/mol. The Morgan fingerprint density at radius 3 is 2.75 bits per heavy atom. The minimum atomic E-state index is 0.941. The molecule has 0 amide bonds. The van der Waals surface area contributed by atoms with Gasteiger partial charge in [0.15, 0.2) is 0 Å². The Hall–Kier alpha value is -0.820. The first-order chi connectivity index (χ1) is 5.88. The van der Waals surface area contributed by atoms with Crippen molar-refractivity contribution in [3.05, 3.63) is 52.5 Å². The summed E-state index contributed by atoms with van der Waals surface area (Å²) in [7, 11) is 0. The minimum absolute atomic E-state index is 0.941. The van der Waals surface area contributed by atoms with Crippen molar-refractivity contribution >= 4 is 21.5 Å². The summed E-state index contributed by atoms with van der Waals surface area (Å²) >= 11 is 3.51. The Morgan fingerprint density at radius 2 is 2.08 bits per heavy atom. The zero-order valence-electron chi connectivity index (χ0n) is 6.55. The summed E-state index contributed by atoms with van der Waals surface area (Å²) in [5.74, 6) is 0. The van der Waals surface area contributed by atoms with Crippen LogP contribution < -0.4 is 0 Å². The highest BCUT2D eigenvalue weighted by Gasteiger charge is 2.04. The average molecular weight is 220 g/mol. The molecule has 1 radical (unpaired) electrons. The highest BCUT2D eigenvalue weighted by atomic mass is 79.9. The van der Waals surface area contributed by atoms with Crippen LogP contribution in [0.1, 0.15) is 12.0 Å². The fourth-order valence-electron chi connectivity index (χ4n) is 1.27. The molecule has 0 aliphatic heterocycles. The molecule has 59 valence electrons. The summed E-state index contributed by atoms with van der Waals surface area (Å²) in [6.07, 6.45) is 8.46.